The highest BCUT2D eigenvalue weighted by Gasteiger charge is 2.61. The van der Waals surface area contributed by atoms with E-state index >= 15 is 0 Å². The highest BCUT2D eigenvalue weighted by molar-refractivity contribution is 5.91. The van der Waals surface area contributed by atoms with Crippen molar-refractivity contribution in [3.8, 4) is 34.5 Å². The number of nitro groups is 1. The van der Waals surface area contributed by atoms with Gasteiger partial charge in [0.2, 0.25) is 5.75 Å². The van der Waals surface area contributed by atoms with E-state index in [0.717, 1.165) is 30.4 Å². The Morgan fingerprint density at radius 2 is 1.40 bits per heavy atom. The molecule has 9 nitrogen and oxygen atoms in total. The van der Waals surface area contributed by atoms with Crippen LogP contribution >= 0.6 is 0 Å². The quantitative estimate of drug-likeness (QED) is 0.0762. The number of aromatic nitrogens is 1. The molecule has 1 aromatic heterocycles. The molecule has 264 valence electrons. The van der Waals surface area contributed by atoms with Gasteiger partial charge in [0.25, 0.3) is 0 Å². The normalized spacial score (nSPS) is 24.2. The third kappa shape index (κ3) is 6.83. The first-order valence-corrected chi connectivity index (χ1v) is 17.7. The number of nitro benzene ring substituents is 1. The average molecular weight is 697 g/mol. The molecule has 5 aromatic rings. The van der Waals surface area contributed by atoms with E-state index in [2.05, 4.69) is 24.9 Å². The summed E-state index contributed by atoms with van der Waals surface area (Å²) in [5.74, 6) is 2.95. The summed E-state index contributed by atoms with van der Waals surface area (Å²) in [6.07, 6.45) is 10.3. The van der Waals surface area contributed by atoms with Crippen LogP contribution in [-0.4, -0.2) is 15.9 Å². The smallest absolute Gasteiger partial charge is 0.343 e. The second-order valence-electron chi connectivity index (χ2n) is 15.5. The fourth-order valence-corrected chi connectivity index (χ4v) is 9.89. The van der Waals surface area contributed by atoms with Crippen LogP contribution in [0.2, 0.25) is 0 Å². The number of esters is 1. The lowest BCUT2D eigenvalue weighted by molar-refractivity contribution is -0.386. The molecule has 4 aromatic carbocycles. The summed E-state index contributed by atoms with van der Waals surface area (Å²) >= 11 is 0. The first-order valence-electron chi connectivity index (χ1n) is 17.7. The first kappa shape index (κ1) is 33.4. The van der Waals surface area contributed by atoms with Gasteiger partial charge in [0, 0.05) is 41.6 Å². The van der Waals surface area contributed by atoms with Gasteiger partial charge in [-0.3, -0.25) is 15.1 Å². The molecule has 0 N–H and O–H groups in total. The largest absolute Gasteiger partial charge is 0.482 e. The SMILES string of the molecule is CC12CC3CC(C)(C1)CC(c1ccc(Oc4ccc([N+](=O)[O-])c(OCc5ccccc5)c4)cc1Oc1ccc(C(=O)Oc4ccncc4)cc1)(C3)C2. The molecule has 0 amide bonds. The summed E-state index contributed by atoms with van der Waals surface area (Å²) < 4.78 is 24.5. The van der Waals surface area contributed by atoms with Crippen LogP contribution in [0.25, 0.3) is 0 Å². The van der Waals surface area contributed by atoms with Crippen molar-refractivity contribution in [1.29, 1.82) is 0 Å². The molecule has 4 aliphatic carbocycles. The Hall–Kier alpha value is -5.70. The maximum Gasteiger partial charge on any atom is 0.343 e. The van der Waals surface area contributed by atoms with Gasteiger partial charge in [-0.05, 0) is 109 Å². The number of carbonyl (C=O) groups is 1. The molecular formula is C43H40N2O7. The third-order valence-corrected chi connectivity index (χ3v) is 10.9. The Kier molecular flexibility index (Phi) is 8.44. The number of pyridine rings is 1. The van der Waals surface area contributed by atoms with Crippen LogP contribution in [-0.2, 0) is 12.0 Å². The van der Waals surface area contributed by atoms with Crippen LogP contribution in [0.5, 0.6) is 34.5 Å². The molecule has 4 aliphatic rings. The van der Waals surface area contributed by atoms with E-state index < -0.39 is 10.9 Å². The van der Waals surface area contributed by atoms with Crippen LogP contribution in [0.4, 0.5) is 5.69 Å². The van der Waals surface area contributed by atoms with Crippen molar-refractivity contribution in [1.82, 2.24) is 4.98 Å². The van der Waals surface area contributed by atoms with Crippen molar-refractivity contribution in [2.45, 2.75) is 64.4 Å². The molecule has 0 spiro atoms. The zero-order chi connectivity index (χ0) is 35.9. The molecule has 0 radical (unpaired) electrons. The minimum absolute atomic E-state index is 0.0309. The van der Waals surface area contributed by atoms with Crippen LogP contribution in [0.1, 0.15) is 73.9 Å². The lowest BCUT2D eigenvalue weighted by atomic mass is 9.39. The molecule has 4 bridgehead atoms. The van der Waals surface area contributed by atoms with E-state index in [1.54, 1.807) is 60.9 Å². The van der Waals surface area contributed by atoms with Crippen molar-refractivity contribution < 1.29 is 28.7 Å². The molecule has 4 saturated carbocycles. The molecule has 9 rings (SSSR count). The van der Waals surface area contributed by atoms with Gasteiger partial charge in [-0.25, -0.2) is 4.79 Å². The van der Waals surface area contributed by atoms with Gasteiger partial charge in [0.05, 0.1) is 10.5 Å². The number of hydrogen-bond acceptors (Lipinski definition) is 8. The molecule has 2 unspecified atom stereocenters. The minimum Gasteiger partial charge on any atom is -0.482 e. The zero-order valence-corrected chi connectivity index (χ0v) is 29.2. The highest BCUT2D eigenvalue weighted by Crippen LogP contribution is 2.70. The van der Waals surface area contributed by atoms with Gasteiger partial charge < -0.3 is 18.9 Å². The molecule has 0 saturated heterocycles. The minimum atomic E-state index is -0.473. The molecule has 52 heavy (non-hydrogen) atoms. The number of nitrogens with zero attached hydrogens (tertiary/aromatic N) is 2. The zero-order valence-electron chi connectivity index (χ0n) is 29.2. The summed E-state index contributed by atoms with van der Waals surface area (Å²) in [7, 11) is 0. The average Bonchev–Trinajstić information content (AvgIpc) is 3.10. The second-order valence-corrected chi connectivity index (χ2v) is 15.5. The van der Waals surface area contributed by atoms with Gasteiger partial charge in [-0.1, -0.05) is 50.2 Å². The Balaban J connectivity index is 1.10. The van der Waals surface area contributed by atoms with E-state index in [-0.39, 0.29) is 34.3 Å². The van der Waals surface area contributed by atoms with Crippen molar-refractivity contribution >= 4 is 11.7 Å². The van der Waals surface area contributed by atoms with E-state index in [1.165, 1.54) is 25.3 Å². The molecular weight excluding hydrogens is 656 g/mol. The summed E-state index contributed by atoms with van der Waals surface area (Å²) in [6.45, 7) is 5.09. The number of hydrogen-bond donors (Lipinski definition) is 0. The topological polar surface area (TPSA) is 110 Å². The van der Waals surface area contributed by atoms with E-state index in [1.807, 2.05) is 42.5 Å². The summed E-state index contributed by atoms with van der Waals surface area (Å²) in [5, 5.41) is 11.8. The fraction of sp³-hybridized carbons (Fsp3) is 0.302. The monoisotopic (exact) mass is 696 g/mol. The lowest BCUT2D eigenvalue weighted by Crippen LogP contribution is -2.56. The van der Waals surface area contributed by atoms with E-state index in [0.29, 0.717) is 40.2 Å². The van der Waals surface area contributed by atoms with Crippen LogP contribution in [0.15, 0.2) is 116 Å². The lowest BCUT2D eigenvalue weighted by Gasteiger charge is -2.65. The molecule has 2 atom stereocenters. The van der Waals surface area contributed by atoms with E-state index in [4.69, 9.17) is 18.9 Å². The maximum absolute atomic E-state index is 12.8. The van der Waals surface area contributed by atoms with Crippen molar-refractivity contribution in [3.63, 3.8) is 0 Å². The number of benzene rings is 4. The van der Waals surface area contributed by atoms with Gasteiger partial charge in [0.1, 0.15) is 35.4 Å². The predicted molar refractivity (Wildman–Crippen MR) is 195 cm³/mol. The van der Waals surface area contributed by atoms with Gasteiger partial charge in [-0.15, -0.1) is 0 Å². The van der Waals surface area contributed by atoms with Crippen molar-refractivity contribution in [2.24, 2.45) is 16.7 Å². The van der Waals surface area contributed by atoms with Gasteiger partial charge in [0.15, 0.2) is 0 Å². The number of carbonyl (C=O) groups excluding carboxylic acids is 1. The van der Waals surface area contributed by atoms with Crippen molar-refractivity contribution in [2.75, 3.05) is 0 Å². The molecule has 0 aliphatic heterocycles. The summed E-state index contributed by atoms with van der Waals surface area (Å²) in [4.78, 5) is 28.2. The molecule has 1 heterocycles. The summed E-state index contributed by atoms with van der Waals surface area (Å²) in [6, 6.07) is 30.3. The van der Waals surface area contributed by atoms with Crippen LogP contribution in [0, 0.1) is 26.9 Å². The molecule has 4 fully saturated rings. The second kappa shape index (κ2) is 13.1. The summed E-state index contributed by atoms with van der Waals surface area (Å²) in [5.41, 5.74) is 2.85. The fourth-order valence-electron chi connectivity index (χ4n) is 9.89. The maximum atomic E-state index is 12.8. The highest BCUT2D eigenvalue weighted by atomic mass is 16.6. The number of rotatable bonds is 11. The standard InChI is InChI=1S/C43H40N2O7/c1-41-22-30-23-42(2,26-41)28-43(24-30,27-41)36-14-12-34(50-35-13-15-37(45(47)48)39(21-35)49-25-29-6-4-3-5-7-29)20-38(36)51-32-10-8-31(9-11-32)40(46)52-33-16-18-44-19-17-33/h3-21,30H,22-28H2,1-2H3. The predicted octanol–water partition coefficient (Wildman–Crippen LogP) is 10.6. The van der Waals surface area contributed by atoms with Gasteiger partial charge >= 0.3 is 11.7 Å². The molecule has 9 heteroatoms. The van der Waals surface area contributed by atoms with Crippen molar-refractivity contribution in [3.05, 3.63) is 142 Å². The first-order chi connectivity index (χ1) is 25.1. The number of ether oxygens (including phenoxy) is 4. The Bertz CT molecular complexity index is 2100. The van der Waals surface area contributed by atoms with Crippen LogP contribution < -0.4 is 18.9 Å². The Labute approximate surface area is 302 Å². The Morgan fingerprint density at radius 1 is 0.750 bits per heavy atom. The Morgan fingerprint density at radius 3 is 2.08 bits per heavy atom. The van der Waals surface area contributed by atoms with Crippen LogP contribution in [0.3, 0.4) is 0 Å². The third-order valence-electron chi connectivity index (χ3n) is 10.9. The van der Waals surface area contributed by atoms with Gasteiger partial charge in [-0.2, -0.15) is 0 Å². The van der Waals surface area contributed by atoms with E-state index in [9.17, 15) is 14.9 Å².